The third-order valence-corrected chi connectivity index (χ3v) is 3.82. The summed E-state index contributed by atoms with van der Waals surface area (Å²) >= 11 is 6.09. The Labute approximate surface area is 147 Å². The lowest BCUT2D eigenvalue weighted by Gasteiger charge is -2.14. The van der Waals surface area contributed by atoms with Crippen LogP contribution < -0.4 is 16.0 Å². The first-order chi connectivity index (χ1) is 11.9. The highest BCUT2D eigenvalue weighted by Gasteiger charge is 2.18. The molecular formula is C16H17ClN2O6. The molecule has 134 valence electrons. The van der Waals surface area contributed by atoms with Crippen LogP contribution in [0.25, 0.3) is 11.1 Å². The standard InChI is InChI=1S/C16H17ClN2O6/c1-24-7-6-19-15(22)11(8-18(16(19)23)9-13(20)21)10-4-3-5-12(17)14(10)25-2/h3-5,8H,6-7,9H2,1-2H3,(H,20,21). The van der Waals surface area contributed by atoms with Gasteiger partial charge in [-0.3, -0.25) is 18.7 Å². The topological polar surface area (TPSA) is 99.8 Å². The molecule has 0 fully saturated rings. The van der Waals surface area contributed by atoms with Gasteiger partial charge < -0.3 is 14.6 Å². The van der Waals surface area contributed by atoms with Gasteiger partial charge in [-0.1, -0.05) is 23.7 Å². The van der Waals surface area contributed by atoms with Crippen LogP contribution in [0.15, 0.2) is 34.0 Å². The Kier molecular flexibility index (Phi) is 6.00. The lowest BCUT2D eigenvalue weighted by molar-refractivity contribution is -0.137. The van der Waals surface area contributed by atoms with E-state index >= 15 is 0 Å². The molecule has 2 aromatic rings. The molecular weight excluding hydrogens is 352 g/mol. The molecule has 0 spiro atoms. The number of carboxylic acids is 1. The van der Waals surface area contributed by atoms with Crippen molar-refractivity contribution >= 4 is 17.6 Å². The quantitative estimate of drug-likeness (QED) is 0.784. The van der Waals surface area contributed by atoms with Gasteiger partial charge in [-0.05, 0) is 6.07 Å². The average molecular weight is 369 g/mol. The Morgan fingerprint density at radius 1 is 1.24 bits per heavy atom. The maximum atomic E-state index is 12.8. The number of benzene rings is 1. The molecule has 0 unspecified atom stereocenters. The zero-order valence-electron chi connectivity index (χ0n) is 13.7. The van der Waals surface area contributed by atoms with Crippen LogP contribution in [0.1, 0.15) is 0 Å². The highest BCUT2D eigenvalue weighted by atomic mass is 35.5. The number of hydrogen-bond donors (Lipinski definition) is 1. The van der Waals surface area contributed by atoms with E-state index in [9.17, 15) is 14.4 Å². The summed E-state index contributed by atoms with van der Waals surface area (Å²) in [4.78, 5) is 36.2. The molecule has 1 heterocycles. The summed E-state index contributed by atoms with van der Waals surface area (Å²) in [7, 11) is 2.84. The van der Waals surface area contributed by atoms with E-state index in [0.29, 0.717) is 10.6 Å². The lowest BCUT2D eigenvalue weighted by atomic mass is 10.1. The summed E-state index contributed by atoms with van der Waals surface area (Å²) in [5, 5.41) is 9.31. The fraction of sp³-hybridized carbons (Fsp3) is 0.312. The SMILES string of the molecule is COCCn1c(=O)c(-c2cccc(Cl)c2OC)cn(CC(=O)O)c1=O. The smallest absolute Gasteiger partial charge is 0.331 e. The van der Waals surface area contributed by atoms with Gasteiger partial charge in [-0.15, -0.1) is 0 Å². The second-order valence-electron chi connectivity index (χ2n) is 5.12. The van der Waals surface area contributed by atoms with E-state index < -0.39 is 23.8 Å². The summed E-state index contributed by atoms with van der Waals surface area (Å²) in [5.41, 5.74) is -0.833. The minimum absolute atomic E-state index is 0.00942. The van der Waals surface area contributed by atoms with Crippen molar-refractivity contribution in [3.8, 4) is 16.9 Å². The molecule has 0 saturated heterocycles. The molecule has 0 saturated carbocycles. The second kappa shape index (κ2) is 8.00. The summed E-state index contributed by atoms with van der Waals surface area (Å²) in [6.07, 6.45) is 1.20. The van der Waals surface area contributed by atoms with Crippen LogP contribution in [-0.2, 0) is 22.6 Å². The van der Waals surface area contributed by atoms with Gasteiger partial charge in [0.15, 0.2) is 0 Å². The number of halogens is 1. The Morgan fingerprint density at radius 3 is 2.56 bits per heavy atom. The maximum absolute atomic E-state index is 12.8. The first kappa shape index (κ1) is 18.8. The van der Waals surface area contributed by atoms with Crippen molar-refractivity contribution < 1.29 is 19.4 Å². The van der Waals surface area contributed by atoms with Gasteiger partial charge in [0.1, 0.15) is 12.3 Å². The van der Waals surface area contributed by atoms with E-state index in [1.165, 1.54) is 20.4 Å². The highest BCUT2D eigenvalue weighted by molar-refractivity contribution is 6.32. The van der Waals surface area contributed by atoms with Crippen molar-refractivity contribution in [3.63, 3.8) is 0 Å². The van der Waals surface area contributed by atoms with Crippen LogP contribution in [0.2, 0.25) is 5.02 Å². The molecule has 0 bridgehead atoms. The predicted octanol–water partition coefficient (Wildman–Crippen LogP) is 1.07. The first-order valence-electron chi connectivity index (χ1n) is 7.28. The summed E-state index contributed by atoms with van der Waals surface area (Å²) in [6.45, 7) is -0.467. The molecule has 1 N–H and O–H groups in total. The number of carbonyl (C=O) groups is 1. The molecule has 25 heavy (non-hydrogen) atoms. The van der Waals surface area contributed by atoms with E-state index in [1.807, 2.05) is 0 Å². The number of hydrogen-bond acceptors (Lipinski definition) is 5. The fourth-order valence-electron chi connectivity index (χ4n) is 2.41. The number of methoxy groups -OCH3 is 2. The van der Waals surface area contributed by atoms with Crippen LogP contribution in [0.5, 0.6) is 5.75 Å². The third kappa shape index (κ3) is 3.92. The molecule has 9 heteroatoms. The van der Waals surface area contributed by atoms with Gasteiger partial charge in [0.05, 0.1) is 30.8 Å². The van der Waals surface area contributed by atoms with Crippen LogP contribution in [0.3, 0.4) is 0 Å². The van der Waals surface area contributed by atoms with Gasteiger partial charge in [0.25, 0.3) is 5.56 Å². The van der Waals surface area contributed by atoms with Gasteiger partial charge >= 0.3 is 11.7 Å². The third-order valence-electron chi connectivity index (χ3n) is 3.52. The van der Waals surface area contributed by atoms with Crippen LogP contribution in [0, 0.1) is 0 Å². The zero-order chi connectivity index (χ0) is 18.6. The summed E-state index contributed by atoms with van der Waals surface area (Å²) < 4.78 is 12.1. The molecule has 0 atom stereocenters. The lowest BCUT2D eigenvalue weighted by Crippen LogP contribution is -2.42. The van der Waals surface area contributed by atoms with Gasteiger partial charge in [-0.25, -0.2) is 4.79 Å². The van der Waals surface area contributed by atoms with Gasteiger partial charge in [0.2, 0.25) is 0 Å². The summed E-state index contributed by atoms with van der Waals surface area (Å²) in [6, 6.07) is 4.84. The van der Waals surface area contributed by atoms with Crippen molar-refractivity contribution in [3.05, 3.63) is 50.3 Å². The van der Waals surface area contributed by atoms with Crippen LogP contribution >= 0.6 is 11.6 Å². The number of ether oxygens (including phenoxy) is 2. The Bertz CT molecular complexity index is 902. The first-order valence-corrected chi connectivity index (χ1v) is 7.66. The van der Waals surface area contributed by atoms with Crippen molar-refractivity contribution in [1.29, 1.82) is 0 Å². The number of aliphatic carboxylic acids is 1. The van der Waals surface area contributed by atoms with Gasteiger partial charge in [-0.2, -0.15) is 0 Å². The van der Waals surface area contributed by atoms with E-state index in [4.69, 9.17) is 26.2 Å². The Morgan fingerprint density at radius 2 is 1.96 bits per heavy atom. The molecule has 0 aliphatic rings. The van der Waals surface area contributed by atoms with Crippen molar-refractivity contribution in [2.24, 2.45) is 0 Å². The second-order valence-corrected chi connectivity index (χ2v) is 5.52. The fourth-order valence-corrected chi connectivity index (χ4v) is 2.66. The predicted molar refractivity (Wildman–Crippen MR) is 91.5 cm³/mol. The summed E-state index contributed by atoms with van der Waals surface area (Å²) in [5.74, 6) is -0.942. The van der Waals surface area contributed by atoms with E-state index in [-0.39, 0.29) is 24.5 Å². The minimum atomic E-state index is -1.21. The Balaban J connectivity index is 2.77. The van der Waals surface area contributed by atoms with E-state index in [1.54, 1.807) is 18.2 Å². The number of para-hydroxylation sites is 1. The number of rotatable bonds is 7. The number of nitrogens with zero attached hydrogens (tertiary/aromatic N) is 2. The van der Waals surface area contributed by atoms with Crippen LogP contribution in [0.4, 0.5) is 0 Å². The molecule has 0 aliphatic heterocycles. The molecule has 2 rings (SSSR count). The highest BCUT2D eigenvalue weighted by Crippen LogP contribution is 2.34. The average Bonchev–Trinajstić information content (AvgIpc) is 2.57. The number of aromatic nitrogens is 2. The van der Waals surface area contributed by atoms with Crippen molar-refractivity contribution in [1.82, 2.24) is 9.13 Å². The molecule has 1 aromatic carbocycles. The normalized spacial score (nSPS) is 10.7. The van der Waals surface area contributed by atoms with Crippen molar-refractivity contribution in [2.75, 3.05) is 20.8 Å². The minimum Gasteiger partial charge on any atom is -0.495 e. The van der Waals surface area contributed by atoms with Crippen LogP contribution in [-0.4, -0.2) is 41.0 Å². The molecule has 0 aliphatic carbocycles. The molecule has 0 amide bonds. The zero-order valence-corrected chi connectivity index (χ0v) is 14.4. The van der Waals surface area contributed by atoms with Gasteiger partial charge in [0, 0.05) is 18.9 Å². The van der Waals surface area contributed by atoms with E-state index in [2.05, 4.69) is 0 Å². The molecule has 8 nitrogen and oxygen atoms in total. The largest absolute Gasteiger partial charge is 0.495 e. The van der Waals surface area contributed by atoms with E-state index in [0.717, 1.165) is 9.13 Å². The molecule has 0 radical (unpaired) electrons. The number of carboxylic acid groups (broad SMARTS) is 1. The Hall–Kier alpha value is -2.58. The maximum Gasteiger partial charge on any atom is 0.331 e. The molecule has 1 aromatic heterocycles. The monoisotopic (exact) mass is 368 g/mol. The van der Waals surface area contributed by atoms with Crippen molar-refractivity contribution in [2.45, 2.75) is 13.1 Å².